The van der Waals surface area contributed by atoms with Gasteiger partial charge in [0.2, 0.25) is 5.91 Å². The molecule has 0 aromatic heterocycles. The Morgan fingerprint density at radius 2 is 2.06 bits per heavy atom. The van der Waals surface area contributed by atoms with Crippen molar-refractivity contribution in [2.75, 3.05) is 13.2 Å². The molecular weight excluding hydrogens is 216 g/mol. The minimum absolute atomic E-state index is 0.111. The maximum atomic E-state index is 12.3. The van der Waals surface area contributed by atoms with E-state index in [-0.39, 0.29) is 30.0 Å². The second-order valence-corrected chi connectivity index (χ2v) is 5.56. The average Bonchev–Trinajstić information content (AvgIpc) is 2.36. The van der Waals surface area contributed by atoms with Crippen LogP contribution in [0.1, 0.15) is 39.5 Å². The van der Waals surface area contributed by atoms with E-state index in [9.17, 15) is 4.79 Å². The highest BCUT2D eigenvalue weighted by atomic mass is 16.5. The normalized spacial score (nSPS) is 31.2. The molecule has 0 bridgehead atoms. The summed E-state index contributed by atoms with van der Waals surface area (Å²) in [6.45, 7) is 5.38. The summed E-state index contributed by atoms with van der Waals surface area (Å²) < 4.78 is 5.77. The van der Waals surface area contributed by atoms with Crippen molar-refractivity contribution in [3.8, 4) is 0 Å². The van der Waals surface area contributed by atoms with Gasteiger partial charge < -0.3 is 15.4 Å². The Morgan fingerprint density at radius 3 is 2.76 bits per heavy atom. The Kier molecular flexibility index (Phi) is 4.05. The van der Waals surface area contributed by atoms with E-state index < -0.39 is 0 Å². The molecule has 1 amide bonds. The molecule has 2 rings (SSSR count). The number of fused-ring (bicyclic) bond motifs is 1. The van der Waals surface area contributed by atoms with Crippen molar-refractivity contribution in [3.05, 3.63) is 0 Å². The largest absolute Gasteiger partial charge is 0.374 e. The molecule has 0 spiro atoms. The molecule has 1 saturated carbocycles. The van der Waals surface area contributed by atoms with E-state index in [0.29, 0.717) is 13.2 Å². The summed E-state index contributed by atoms with van der Waals surface area (Å²) in [5.41, 5.74) is 5.98. The minimum atomic E-state index is -0.365. The molecule has 0 radical (unpaired) electrons. The highest BCUT2D eigenvalue weighted by molar-refractivity contribution is 5.82. The molecule has 1 heterocycles. The van der Waals surface area contributed by atoms with Gasteiger partial charge in [0.25, 0.3) is 0 Å². The number of nitrogens with zero attached hydrogens (tertiary/aromatic N) is 1. The number of ether oxygens (including phenoxy) is 1. The molecule has 1 aliphatic heterocycles. The first kappa shape index (κ1) is 12.8. The summed E-state index contributed by atoms with van der Waals surface area (Å²) in [5, 5.41) is 0. The van der Waals surface area contributed by atoms with Gasteiger partial charge in [0.05, 0.1) is 24.8 Å². The molecule has 2 N–H and O–H groups in total. The van der Waals surface area contributed by atoms with Gasteiger partial charge in [-0.05, 0) is 18.8 Å². The SMILES string of the molecule is CC(C)[C@@H](N)C(=O)N1CCOC2CCCCC21. The number of nitrogens with two attached hydrogens (primary N) is 1. The van der Waals surface area contributed by atoms with E-state index in [4.69, 9.17) is 10.5 Å². The van der Waals surface area contributed by atoms with E-state index in [2.05, 4.69) is 0 Å². The Balaban J connectivity index is 2.05. The average molecular weight is 240 g/mol. The van der Waals surface area contributed by atoms with E-state index in [0.717, 1.165) is 12.8 Å². The smallest absolute Gasteiger partial charge is 0.240 e. The fraction of sp³-hybridized carbons (Fsp3) is 0.923. The van der Waals surface area contributed by atoms with Gasteiger partial charge in [-0.2, -0.15) is 0 Å². The maximum absolute atomic E-state index is 12.3. The van der Waals surface area contributed by atoms with Crippen LogP contribution >= 0.6 is 0 Å². The molecule has 1 saturated heterocycles. The zero-order chi connectivity index (χ0) is 12.4. The third-order valence-corrected chi connectivity index (χ3v) is 4.02. The summed E-state index contributed by atoms with van der Waals surface area (Å²) in [6.07, 6.45) is 4.83. The minimum Gasteiger partial charge on any atom is -0.374 e. The molecule has 17 heavy (non-hydrogen) atoms. The summed E-state index contributed by atoms with van der Waals surface area (Å²) in [5.74, 6) is 0.313. The number of rotatable bonds is 2. The predicted octanol–water partition coefficient (Wildman–Crippen LogP) is 1.14. The van der Waals surface area contributed by atoms with Crippen LogP contribution in [0.25, 0.3) is 0 Å². The molecule has 1 aliphatic carbocycles. The van der Waals surface area contributed by atoms with Crippen LogP contribution in [-0.2, 0) is 9.53 Å². The van der Waals surface area contributed by atoms with E-state index in [1.165, 1.54) is 12.8 Å². The van der Waals surface area contributed by atoms with Gasteiger partial charge in [0.15, 0.2) is 0 Å². The lowest BCUT2D eigenvalue weighted by Crippen LogP contribution is -2.59. The van der Waals surface area contributed by atoms with Crippen molar-refractivity contribution < 1.29 is 9.53 Å². The van der Waals surface area contributed by atoms with Gasteiger partial charge in [-0.25, -0.2) is 0 Å². The fourth-order valence-corrected chi connectivity index (χ4v) is 2.85. The van der Waals surface area contributed by atoms with E-state index in [1.54, 1.807) is 0 Å². The van der Waals surface area contributed by atoms with E-state index in [1.807, 2.05) is 18.7 Å². The van der Waals surface area contributed by atoms with Crippen molar-refractivity contribution in [2.45, 2.75) is 57.7 Å². The first-order valence-corrected chi connectivity index (χ1v) is 6.79. The summed E-state index contributed by atoms with van der Waals surface area (Å²) in [6, 6.07) is -0.0922. The Hall–Kier alpha value is -0.610. The number of morpholine rings is 1. The van der Waals surface area contributed by atoms with Crippen LogP contribution in [-0.4, -0.2) is 42.1 Å². The van der Waals surface area contributed by atoms with Crippen LogP contribution in [0.2, 0.25) is 0 Å². The van der Waals surface area contributed by atoms with Crippen molar-refractivity contribution in [1.82, 2.24) is 4.90 Å². The predicted molar refractivity (Wildman–Crippen MR) is 66.5 cm³/mol. The zero-order valence-corrected chi connectivity index (χ0v) is 10.9. The topological polar surface area (TPSA) is 55.6 Å². The first-order chi connectivity index (χ1) is 8.11. The van der Waals surface area contributed by atoms with Crippen LogP contribution in [0.15, 0.2) is 0 Å². The highest BCUT2D eigenvalue weighted by Gasteiger charge is 2.38. The summed E-state index contributed by atoms with van der Waals surface area (Å²) >= 11 is 0. The zero-order valence-electron chi connectivity index (χ0n) is 10.9. The van der Waals surface area contributed by atoms with Crippen molar-refractivity contribution in [3.63, 3.8) is 0 Å². The third kappa shape index (κ3) is 2.63. The van der Waals surface area contributed by atoms with Crippen LogP contribution in [0.3, 0.4) is 0 Å². The lowest BCUT2D eigenvalue weighted by atomic mass is 9.89. The number of carbonyl (C=O) groups excluding carboxylic acids is 1. The quantitative estimate of drug-likeness (QED) is 0.787. The molecule has 4 nitrogen and oxygen atoms in total. The number of amides is 1. The van der Waals surface area contributed by atoms with Gasteiger partial charge in [-0.15, -0.1) is 0 Å². The summed E-state index contributed by atoms with van der Waals surface area (Å²) in [4.78, 5) is 14.3. The number of hydrogen-bond donors (Lipinski definition) is 1. The molecule has 2 aliphatic rings. The Bertz CT molecular complexity index is 279. The van der Waals surface area contributed by atoms with Gasteiger partial charge in [0.1, 0.15) is 0 Å². The molecule has 2 fully saturated rings. The van der Waals surface area contributed by atoms with Crippen LogP contribution in [0.5, 0.6) is 0 Å². The van der Waals surface area contributed by atoms with Crippen LogP contribution < -0.4 is 5.73 Å². The van der Waals surface area contributed by atoms with Gasteiger partial charge >= 0.3 is 0 Å². The lowest BCUT2D eigenvalue weighted by molar-refractivity contribution is -0.151. The van der Waals surface area contributed by atoms with Gasteiger partial charge in [0, 0.05) is 6.54 Å². The van der Waals surface area contributed by atoms with E-state index >= 15 is 0 Å². The maximum Gasteiger partial charge on any atom is 0.240 e. The van der Waals surface area contributed by atoms with Crippen molar-refractivity contribution in [1.29, 1.82) is 0 Å². The number of hydrogen-bond acceptors (Lipinski definition) is 3. The standard InChI is InChI=1S/C13H24N2O2/c1-9(2)12(14)13(16)15-7-8-17-11-6-4-3-5-10(11)15/h9-12H,3-8,14H2,1-2H3/t10?,11?,12-/m1/s1. The molecule has 3 atom stereocenters. The Morgan fingerprint density at radius 1 is 1.35 bits per heavy atom. The lowest BCUT2D eigenvalue weighted by Gasteiger charge is -2.44. The molecule has 0 aromatic rings. The van der Waals surface area contributed by atoms with Crippen LogP contribution in [0.4, 0.5) is 0 Å². The first-order valence-electron chi connectivity index (χ1n) is 6.79. The van der Waals surface area contributed by atoms with Crippen molar-refractivity contribution in [2.24, 2.45) is 11.7 Å². The number of carbonyl (C=O) groups is 1. The molecule has 4 heteroatoms. The third-order valence-electron chi connectivity index (χ3n) is 4.02. The van der Waals surface area contributed by atoms with Gasteiger partial charge in [-0.3, -0.25) is 4.79 Å². The second-order valence-electron chi connectivity index (χ2n) is 5.56. The van der Waals surface area contributed by atoms with Gasteiger partial charge in [-0.1, -0.05) is 26.7 Å². The van der Waals surface area contributed by atoms with Crippen LogP contribution in [0, 0.1) is 5.92 Å². The molecule has 98 valence electrons. The fourth-order valence-electron chi connectivity index (χ4n) is 2.85. The second kappa shape index (κ2) is 5.36. The molecule has 2 unspecified atom stereocenters. The monoisotopic (exact) mass is 240 g/mol. The van der Waals surface area contributed by atoms with Crippen molar-refractivity contribution >= 4 is 5.91 Å². The molecule has 0 aromatic carbocycles. The molecular formula is C13H24N2O2. The summed E-state index contributed by atoms with van der Waals surface area (Å²) in [7, 11) is 0. The highest BCUT2D eigenvalue weighted by Crippen LogP contribution is 2.29. The Labute approximate surface area is 103 Å².